The maximum absolute atomic E-state index is 13.1. The van der Waals surface area contributed by atoms with Gasteiger partial charge in [-0.05, 0) is 38.5 Å². The Bertz CT molecular complexity index is 864. The zero-order chi connectivity index (χ0) is 20.9. The normalized spacial score (nSPS) is 18.3. The first-order valence-electron chi connectivity index (χ1n) is 11.2. The van der Waals surface area contributed by atoms with E-state index in [-0.39, 0.29) is 5.91 Å². The molecule has 0 radical (unpaired) electrons. The SMILES string of the molecule is Cc1nc(-c2ccccc2)sc1C(=O)N1CCC(CC(=O)N2CCCCCC2)CC1. The Kier molecular flexibility index (Phi) is 6.82. The molecule has 0 atom stereocenters. The van der Waals surface area contributed by atoms with E-state index in [4.69, 9.17) is 0 Å². The van der Waals surface area contributed by atoms with Crippen LogP contribution in [0.5, 0.6) is 0 Å². The van der Waals surface area contributed by atoms with Gasteiger partial charge in [-0.2, -0.15) is 0 Å². The van der Waals surface area contributed by atoms with Gasteiger partial charge < -0.3 is 9.80 Å². The average Bonchev–Trinajstić information content (AvgIpc) is 2.98. The molecule has 0 N–H and O–H groups in total. The highest BCUT2D eigenvalue weighted by atomic mass is 32.1. The third kappa shape index (κ3) is 4.91. The minimum atomic E-state index is 0.0875. The summed E-state index contributed by atoms with van der Waals surface area (Å²) in [6, 6.07) is 10.0. The third-order valence-electron chi connectivity index (χ3n) is 6.34. The highest BCUT2D eigenvalue weighted by molar-refractivity contribution is 7.17. The smallest absolute Gasteiger partial charge is 0.265 e. The van der Waals surface area contributed by atoms with Gasteiger partial charge in [-0.15, -0.1) is 11.3 Å². The molecule has 0 spiro atoms. The second-order valence-electron chi connectivity index (χ2n) is 8.53. The van der Waals surface area contributed by atoms with Crippen LogP contribution in [-0.2, 0) is 4.79 Å². The van der Waals surface area contributed by atoms with Crippen molar-refractivity contribution in [2.75, 3.05) is 26.2 Å². The summed E-state index contributed by atoms with van der Waals surface area (Å²) in [4.78, 5) is 35.2. The summed E-state index contributed by atoms with van der Waals surface area (Å²) in [5, 5.41) is 0.898. The number of aryl methyl sites for hydroxylation is 1. The van der Waals surface area contributed by atoms with Gasteiger partial charge in [0, 0.05) is 38.2 Å². The molecule has 5 nitrogen and oxygen atoms in total. The van der Waals surface area contributed by atoms with Gasteiger partial charge in [0.2, 0.25) is 5.91 Å². The molecule has 0 saturated carbocycles. The molecule has 2 aliphatic heterocycles. The van der Waals surface area contributed by atoms with Crippen molar-refractivity contribution in [1.29, 1.82) is 0 Å². The third-order valence-corrected chi connectivity index (χ3v) is 7.53. The molecule has 0 unspecified atom stereocenters. The van der Waals surface area contributed by atoms with Crippen molar-refractivity contribution in [3.05, 3.63) is 40.9 Å². The number of carbonyl (C=O) groups is 2. The van der Waals surface area contributed by atoms with Gasteiger partial charge in [0.1, 0.15) is 9.88 Å². The van der Waals surface area contributed by atoms with Crippen molar-refractivity contribution in [3.8, 4) is 10.6 Å². The molecule has 2 aromatic rings. The van der Waals surface area contributed by atoms with Crippen LogP contribution in [0.15, 0.2) is 30.3 Å². The van der Waals surface area contributed by atoms with Crippen LogP contribution < -0.4 is 0 Å². The van der Waals surface area contributed by atoms with Gasteiger partial charge in [-0.25, -0.2) is 4.98 Å². The number of piperidine rings is 1. The number of hydrogen-bond acceptors (Lipinski definition) is 4. The molecule has 4 rings (SSSR count). The van der Waals surface area contributed by atoms with Gasteiger partial charge in [-0.3, -0.25) is 9.59 Å². The molecule has 3 heterocycles. The average molecular weight is 426 g/mol. The monoisotopic (exact) mass is 425 g/mol. The predicted octanol–water partition coefficient (Wildman–Crippen LogP) is 4.76. The number of hydrogen-bond donors (Lipinski definition) is 0. The second kappa shape index (κ2) is 9.73. The van der Waals surface area contributed by atoms with E-state index in [0.29, 0.717) is 18.2 Å². The summed E-state index contributed by atoms with van der Waals surface area (Å²) in [5.41, 5.74) is 1.86. The fourth-order valence-electron chi connectivity index (χ4n) is 4.48. The molecular weight excluding hydrogens is 394 g/mol. The standard InChI is InChI=1S/C24H31N3O2S/c1-18-22(30-23(25-18)20-9-5-4-6-10-20)24(29)27-15-11-19(12-16-27)17-21(28)26-13-7-2-3-8-14-26/h4-6,9-10,19H,2-3,7-8,11-17H2,1H3. The number of likely N-dealkylation sites (tertiary alicyclic amines) is 2. The number of nitrogens with zero attached hydrogens (tertiary/aromatic N) is 3. The van der Waals surface area contributed by atoms with Crippen LogP contribution in [0.3, 0.4) is 0 Å². The van der Waals surface area contributed by atoms with Crippen LogP contribution in [-0.4, -0.2) is 52.8 Å². The summed E-state index contributed by atoms with van der Waals surface area (Å²) < 4.78 is 0. The van der Waals surface area contributed by atoms with E-state index in [1.807, 2.05) is 42.2 Å². The molecule has 1 aromatic carbocycles. The van der Waals surface area contributed by atoms with Crippen molar-refractivity contribution in [2.45, 2.75) is 51.9 Å². The summed E-state index contributed by atoms with van der Waals surface area (Å²) in [7, 11) is 0. The molecule has 2 amide bonds. The predicted molar refractivity (Wildman–Crippen MR) is 121 cm³/mol. The summed E-state index contributed by atoms with van der Waals surface area (Å²) in [6.07, 6.45) is 7.22. The molecule has 0 bridgehead atoms. The summed E-state index contributed by atoms with van der Waals surface area (Å²) >= 11 is 1.48. The highest BCUT2D eigenvalue weighted by Gasteiger charge is 2.28. The number of aromatic nitrogens is 1. The lowest BCUT2D eigenvalue weighted by Gasteiger charge is -2.32. The van der Waals surface area contributed by atoms with Gasteiger partial charge in [0.05, 0.1) is 5.69 Å². The number of amides is 2. The van der Waals surface area contributed by atoms with Gasteiger partial charge in [0.25, 0.3) is 5.91 Å². The Hall–Kier alpha value is -2.21. The summed E-state index contributed by atoms with van der Waals surface area (Å²) in [6.45, 7) is 5.22. The quantitative estimate of drug-likeness (QED) is 0.709. The van der Waals surface area contributed by atoms with E-state index < -0.39 is 0 Å². The molecule has 6 heteroatoms. The second-order valence-corrected chi connectivity index (χ2v) is 9.53. The number of benzene rings is 1. The van der Waals surface area contributed by atoms with E-state index in [0.717, 1.165) is 73.0 Å². The van der Waals surface area contributed by atoms with Crippen molar-refractivity contribution < 1.29 is 9.59 Å². The fourth-order valence-corrected chi connectivity index (χ4v) is 5.52. The molecular formula is C24H31N3O2S. The topological polar surface area (TPSA) is 53.5 Å². The number of carbonyl (C=O) groups excluding carboxylic acids is 2. The molecule has 160 valence electrons. The first-order valence-corrected chi connectivity index (χ1v) is 12.0. The molecule has 30 heavy (non-hydrogen) atoms. The lowest BCUT2D eigenvalue weighted by Crippen LogP contribution is -2.40. The largest absolute Gasteiger partial charge is 0.343 e. The molecule has 2 fully saturated rings. The van der Waals surface area contributed by atoms with Crippen LogP contribution in [0.1, 0.15) is 60.3 Å². The Labute approximate surface area is 183 Å². The molecule has 0 aliphatic carbocycles. The van der Waals surface area contributed by atoms with Crippen LogP contribution in [0.2, 0.25) is 0 Å². The minimum absolute atomic E-state index is 0.0875. The van der Waals surface area contributed by atoms with Crippen LogP contribution in [0, 0.1) is 12.8 Å². The van der Waals surface area contributed by atoms with Crippen molar-refractivity contribution >= 4 is 23.2 Å². The first kappa shape index (κ1) is 21.0. The zero-order valence-corrected chi connectivity index (χ0v) is 18.6. The maximum Gasteiger partial charge on any atom is 0.265 e. The Morgan fingerprint density at radius 1 is 0.967 bits per heavy atom. The van der Waals surface area contributed by atoms with Gasteiger partial charge in [-0.1, -0.05) is 43.2 Å². The van der Waals surface area contributed by atoms with Gasteiger partial charge in [0.15, 0.2) is 0 Å². The fraction of sp³-hybridized carbons (Fsp3) is 0.542. The number of rotatable bonds is 4. The maximum atomic E-state index is 13.1. The molecule has 1 aromatic heterocycles. The molecule has 2 aliphatic rings. The molecule has 2 saturated heterocycles. The highest BCUT2D eigenvalue weighted by Crippen LogP contribution is 2.30. The summed E-state index contributed by atoms with van der Waals surface area (Å²) in [5.74, 6) is 0.796. The zero-order valence-electron chi connectivity index (χ0n) is 17.8. The van der Waals surface area contributed by atoms with E-state index >= 15 is 0 Å². The van der Waals surface area contributed by atoms with Crippen LogP contribution >= 0.6 is 11.3 Å². The van der Waals surface area contributed by atoms with Gasteiger partial charge >= 0.3 is 0 Å². The van der Waals surface area contributed by atoms with Crippen molar-refractivity contribution in [2.24, 2.45) is 5.92 Å². The van der Waals surface area contributed by atoms with Crippen LogP contribution in [0.4, 0.5) is 0 Å². The van der Waals surface area contributed by atoms with E-state index in [1.165, 1.54) is 24.2 Å². The Morgan fingerprint density at radius 3 is 2.30 bits per heavy atom. The minimum Gasteiger partial charge on any atom is -0.343 e. The van der Waals surface area contributed by atoms with E-state index in [9.17, 15) is 9.59 Å². The van der Waals surface area contributed by atoms with Crippen molar-refractivity contribution in [1.82, 2.24) is 14.8 Å². The lowest BCUT2D eigenvalue weighted by molar-refractivity contribution is -0.132. The Balaban J connectivity index is 1.32. The van der Waals surface area contributed by atoms with Crippen LogP contribution in [0.25, 0.3) is 10.6 Å². The van der Waals surface area contributed by atoms with E-state index in [2.05, 4.69) is 9.88 Å². The lowest BCUT2D eigenvalue weighted by atomic mass is 9.92. The Morgan fingerprint density at radius 2 is 1.63 bits per heavy atom. The first-order chi connectivity index (χ1) is 14.6. The number of thiazole rings is 1. The van der Waals surface area contributed by atoms with Crippen molar-refractivity contribution in [3.63, 3.8) is 0 Å². The van der Waals surface area contributed by atoms with E-state index in [1.54, 1.807) is 0 Å².